The number of fused-ring (bicyclic) bond motifs is 1. The summed E-state index contributed by atoms with van der Waals surface area (Å²) in [5.41, 5.74) is 2.80. The minimum absolute atomic E-state index is 0.0455. The maximum Gasteiger partial charge on any atom is 0.286 e. The van der Waals surface area contributed by atoms with Gasteiger partial charge in [0, 0.05) is 24.0 Å². The molecular formula is C24H26ClN3O4. The second-order valence-electron chi connectivity index (χ2n) is 7.66. The van der Waals surface area contributed by atoms with E-state index in [-0.39, 0.29) is 30.7 Å². The molecule has 3 N–H and O–H groups in total. The molecule has 0 saturated heterocycles. The lowest BCUT2D eigenvalue weighted by Crippen LogP contribution is -2.33. The van der Waals surface area contributed by atoms with Gasteiger partial charge < -0.3 is 24.9 Å². The number of H-pyrrole nitrogens is 1. The number of carbonyl (C=O) groups is 1. The number of aromatic amines is 1. The van der Waals surface area contributed by atoms with Crippen molar-refractivity contribution in [3.8, 4) is 0 Å². The van der Waals surface area contributed by atoms with Crippen LogP contribution < -0.4 is 5.32 Å². The Morgan fingerprint density at radius 3 is 2.81 bits per heavy atom. The van der Waals surface area contributed by atoms with Crippen molar-refractivity contribution in [3.05, 3.63) is 76.8 Å². The van der Waals surface area contributed by atoms with E-state index in [0.29, 0.717) is 30.3 Å². The van der Waals surface area contributed by atoms with E-state index in [0.717, 1.165) is 23.0 Å². The Labute approximate surface area is 191 Å². The van der Waals surface area contributed by atoms with Gasteiger partial charge in [-0.25, -0.2) is 4.98 Å². The largest absolute Gasteiger partial charge is 0.459 e. The Bertz CT molecular complexity index is 1050. The lowest BCUT2D eigenvalue weighted by Gasteiger charge is -2.29. The molecule has 8 heteroatoms. The maximum atomic E-state index is 12.9. The van der Waals surface area contributed by atoms with Gasteiger partial charge in [0.15, 0.2) is 5.76 Å². The molecule has 2 atom stereocenters. The van der Waals surface area contributed by atoms with Crippen molar-refractivity contribution < 1.29 is 19.4 Å². The molecule has 1 amide bonds. The number of amides is 1. The molecule has 0 fully saturated rings. The molecule has 1 aromatic heterocycles. The molecule has 2 heterocycles. The van der Waals surface area contributed by atoms with Gasteiger partial charge in [-0.2, -0.15) is 0 Å². The standard InChI is InChI=1S/C24H26ClN3O4/c25-18-9-7-16(8-10-18)17-13-21(32-23(14-17)31-12-4-3-11-29)24(30)26-15-22-27-19-5-1-2-6-20(19)28-22/h1-2,5-10,13,17,23,29H,3-4,11-12,14-15H2,(H,26,30)(H,27,28)/t17-,23+/m0/s1. The monoisotopic (exact) mass is 455 g/mol. The van der Waals surface area contributed by atoms with E-state index in [1.165, 1.54) is 0 Å². The van der Waals surface area contributed by atoms with Gasteiger partial charge in [0.25, 0.3) is 5.91 Å². The highest BCUT2D eigenvalue weighted by Crippen LogP contribution is 2.32. The van der Waals surface area contributed by atoms with E-state index < -0.39 is 6.29 Å². The van der Waals surface area contributed by atoms with Gasteiger partial charge in [0.2, 0.25) is 6.29 Å². The molecule has 32 heavy (non-hydrogen) atoms. The van der Waals surface area contributed by atoms with E-state index in [4.69, 9.17) is 26.2 Å². The van der Waals surface area contributed by atoms with Crippen molar-refractivity contribution in [2.45, 2.75) is 38.0 Å². The number of aliphatic hydroxyl groups excluding tert-OH is 1. The van der Waals surface area contributed by atoms with Crippen LogP contribution in [-0.2, 0) is 20.8 Å². The topological polar surface area (TPSA) is 96.5 Å². The number of nitrogens with zero attached hydrogens (tertiary/aromatic N) is 1. The van der Waals surface area contributed by atoms with Crippen LogP contribution in [0.1, 0.15) is 36.6 Å². The van der Waals surface area contributed by atoms with Crippen molar-refractivity contribution in [3.63, 3.8) is 0 Å². The van der Waals surface area contributed by atoms with Crippen molar-refractivity contribution in [2.24, 2.45) is 0 Å². The molecule has 0 aliphatic carbocycles. The average molecular weight is 456 g/mol. The predicted molar refractivity (Wildman–Crippen MR) is 122 cm³/mol. The first-order valence-corrected chi connectivity index (χ1v) is 11.1. The summed E-state index contributed by atoms with van der Waals surface area (Å²) >= 11 is 6.03. The molecule has 0 unspecified atom stereocenters. The fourth-order valence-corrected chi connectivity index (χ4v) is 3.76. The van der Waals surface area contributed by atoms with Gasteiger partial charge in [0.1, 0.15) is 5.82 Å². The van der Waals surface area contributed by atoms with Crippen LogP contribution in [0.3, 0.4) is 0 Å². The first-order valence-electron chi connectivity index (χ1n) is 10.7. The smallest absolute Gasteiger partial charge is 0.286 e. The zero-order chi connectivity index (χ0) is 22.3. The Morgan fingerprint density at radius 2 is 2.03 bits per heavy atom. The summed E-state index contributed by atoms with van der Waals surface area (Å²) in [4.78, 5) is 20.6. The summed E-state index contributed by atoms with van der Waals surface area (Å²) in [6.45, 7) is 0.825. The molecule has 2 aromatic carbocycles. The number of aromatic nitrogens is 2. The third kappa shape index (κ3) is 5.68. The summed E-state index contributed by atoms with van der Waals surface area (Å²) < 4.78 is 11.7. The number of carbonyl (C=O) groups excluding carboxylic acids is 1. The van der Waals surface area contributed by atoms with Crippen LogP contribution in [0.5, 0.6) is 0 Å². The summed E-state index contributed by atoms with van der Waals surface area (Å²) in [7, 11) is 0. The van der Waals surface area contributed by atoms with Crippen molar-refractivity contribution >= 4 is 28.5 Å². The second-order valence-corrected chi connectivity index (χ2v) is 8.09. The van der Waals surface area contributed by atoms with Gasteiger partial charge >= 0.3 is 0 Å². The van der Waals surface area contributed by atoms with Gasteiger partial charge in [-0.15, -0.1) is 0 Å². The Kier molecular flexibility index (Phi) is 7.42. The van der Waals surface area contributed by atoms with Crippen LogP contribution in [0, 0.1) is 0 Å². The fraction of sp³-hybridized carbons (Fsp3) is 0.333. The zero-order valence-electron chi connectivity index (χ0n) is 17.6. The molecule has 0 saturated carbocycles. The minimum Gasteiger partial charge on any atom is -0.459 e. The number of halogens is 1. The van der Waals surface area contributed by atoms with Crippen LogP contribution in [0.4, 0.5) is 0 Å². The minimum atomic E-state index is -0.550. The van der Waals surface area contributed by atoms with Gasteiger partial charge in [0.05, 0.1) is 24.2 Å². The average Bonchev–Trinajstić information content (AvgIpc) is 3.24. The molecule has 168 valence electrons. The van der Waals surface area contributed by atoms with Crippen LogP contribution in [-0.4, -0.2) is 40.5 Å². The molecule has 0 spiro atoms. The van der Waals surface area contributed by atoms with Gasteiger partial charge in [-0.1, -0.05) is 35.9 Å². The second kappa shape index (κ2) is 10.6. The van der Waals surface area contributed by atoms with E-state index in [2.05, 4.69) is 15.3 Å². The van der Waals surface area contributed by atoms with E-state index >= 15 is 0 Å². The number of aliphatic hydroxyl groups is 1. The number of hydrogen-bond acceptors (Lipinski definition) is 5. The zero-order valence-corrected chi connectivity index (χ0v) is 18.3. The summed E-state index contributed by atoms with van der Waals surface area (Å²) in [5, 5.41) is 12.5. The highest BCUT2D eigenvalue weighted by atomic mass is 35.5. The molecule has 0 bridgehead atoms. The van der Waals surface area contributed by atoms with Crippen LogP contribution >= 0.6 is 11.6 Å². The molecule has 1 aliphatic heterocycles. The van der Waals surface area contributed by atoms with Crippen LogP contribution in [0.15, 0.2) is 60.4 Å². The fourth-order valence-electron chi connectivity index (χ4n) is 3.63. The highest BCUT2D eigenvalue weighted by Gasteiger charge is 2.28. The van der Waals surface area contributed by atoms with Crippen LogP contribution in [0.2, 0.25) is 5.02 Å². The molecule has 3 aromatic rings. The van der Waals surface area contributed by atoms with Crippen molar-refractivity contribution in [2.75, 3.05) is 13.2 Å². The maximum absolute atomic E-state index is 12.9. The first kappa shape index (κ1) is 22.3. The number of allylic oxidation sites excluding steroid dienone is 1. The molecular weight excluding hydrogens is 430 g/mol. The Hall–Kier alpha value is -2.87. The summed E-state index contributed by atoms with van der Waals surface area (Å²) in [6, 6.07) is 15.3. The number of hydrogen-bond donors (Lipinski definition) is 3. The Morgan fingerprint density at radius 1 is 1.22 bits per heavy atom. The number of ether oxygens (including phenoxy) is 2. The number of rotatable bonds is 9. The molecule has 1 aliphatic rings. The lowest BCUT2D eigenvalue weighted by atomic mass is 9.93. The van der Waals surface area contributed by atoms with E-state index in [1.807, 2.05) is 54.6 Å². The number of unbranched alkanes of at least 4 members (excludes halogenated alkanes) is 1. The summed E-state index contributed by atoms with van der Waals surface area (Å²) in [6.07, 6.45) is 3.24. The summed E-state index contributed by atoms with van der Waals surface area (Å²) in [5.74, 6) is 0.519. The predicted octanol–water partition coefficient (Wildman–Crippen LogP) is 4.04. The third-order valence-corrected chi connectivity index (χ3v) is 5.54. The SMILES string of the molecule is O=C(NCc1nc2ccccc2[nH]1)C1=C[C@H](c2ccc(Cl)cc2)C[C@H](OCCCCO)O1. The number of imidazole rings is 1. The number of para-hydroxylation sites is 2. The third-order valence-electron chi connectivity index (χ3n) is 5.29. The molecule has 0 radical (unpaired) electrons. The van der Waals surface area contributed by atoms with Gasteiger partial charge in [-0.3, -0.25) is 4.79 Å². The van der Waals surface area contributed by atoms with Crippen LogP contribution in [0.25, 0.3) is 11.0 Å². The van der Waals surface area contributed by atoms with Gasteiger partial charge in [-0.05, 0) is 48.7 Å². The van der Waals surface area contributed by atoms with E-state index in [9.17, 15) is 4.79 Å². The molecule has 7 nitrogen and oxygen atoms in total. The quantitative estimate of drug-likeness (QED) is 0.423. The normalized spacial score (nSPS) is 18.2. The number of benzene rings is 2. The van der Waals surface area contributed by atoms with Crippen molar-refractivity contribution in [1.29, 1.82) is 0 Å². The first-order chi connectivity index (χ1) is 15.6. The molecule has 4 rings (SSSR count). The Balaban J connectivity index is 1.45. The lowest BCUT2D eigenvalue weighted by molar-refractivity contribution is -0.146. The van der Waals surface area contributed by atoms with Crippen molar-refractivity contribution in [1.82, 2.24) is 15.3 Å². The highest BCUT2D eigenvalue weighted by molar-refractivity contribution is 6.30. The van der Waals surface area contributed by atoms with E-state index in [1.54, 1.807) is 0 Å². The number of nitrogens with one attached hydrogen (secondary N) is 2.